The molecule has 0 radical (unpaired) electrons. The number of aromatic nitrogens is 4. The number of carboxylic acids is 1. The average Bonchev–Trinajstić information content (AvgIpc) is 3.22. The first-order valence-corrected chi connectivity index (χ1v) is 8.47. The van der Waals surface area contributed by atoms with Crippen LogP contribution in [0.1, 0.15) is 36.7 Å². The van der Waals surface area contributed by atoms with Gasteiger partial charge in [0, 0.05) is 19.0 Å². The van der Waals surface area contributed by atoms with Gasteiger partial charge in [-0.3, -0.25) is 9.59 Å². The van der Waals surface area contributed by atoms with Crippen LogP contribution in [-0.4, -0.2) is 54.7 Å². The SMILES string of the molecule is Cc1nnnn1C(Cc1ccc(F)cc1)C(=O)N1CCCC1CC(=O)O. The minimum atomic E-state index is -0.927. The van der Waals surface area contributed by atoms with Crippen molar-refractivity contribution in [3.05, 3.63) is 41.5 Å². The number of amides is 1. The van der Waals surface area contributed by atoms with Crippen LogP contribution in [0, 0.1) is 12.7 Å². The van der Waals surface area contributed by atoms with Crippen LogP contribution in [0.5, 0.6) is 0 Å². The second-order valence-electron chi connectivity index (χ2n) is 6.44. The molecule has 0 spiro atoms. The highest BCUT2D eigenvalue weighted by molar-refractivity contribution is 5.82. The number of tetrazole rings is 1. The van der Waals surface area contributed by atoms with Crippen LogP contribution in [0.3, 0.4) is 0 Å². The Morgan fingerprint density at radius 3 is 2.69 bits per heavy atom. The first kappa shape index (κ1) is 18.0. The highest BCUT2D eigenvalue weighted by Crippen LogP contribution is 2.26. The molecule has 138 valence electrons. The monoisotopic (exact) mass is 361 g/mol. The van der Waals surface area contributed by atoms with E-state index in [-0.39, 0.29) is 24.2 Å². The largest absolute Gasteiger partial charge is 0.481 e. The van der Waals surface area contributed by atoms with Crippen LogP contribution >= 0.6 is 0 Å². The molecule has 0 bridgehead atoms. The maximum atomic E-state index is 13.2. The molecule has 0 aliphatic carbocycles. The molecule has 1 aromatic heterocycles. The number of aryl methyl sites for hydroxylation is 1. The molecule has 8 nitrogen and oxygen atoms in total. The van der Waals surface area contributed by atoms with Gasteiger partial charge in [-0.05, 0) is 47.9 Å². The quantitative estimate of drug-likeness (QED) is 0.834. The van der Waals surface area contributed by atoms with Crippen molar-refractivity contribution in [1.82, 2.24) is 25.1 Å². The molecule has 2 atom stereocenters. The standard InChI is InChI=1S/C17H20FN5O3/c1-11-19-20-21-23(11)15(9-12-4-6-13(18)7-5-12)17(26)22-8-2-3-14(22)10-16(24)25/h4-7,14-15H,2-3,8-10H2,1H3,(H,24,25). The number of carbonyl (C=O) groups is 2. The van der Waals surface area contributed by atoms with Crippen molar-refractivity contribution < 1.29 is 19.1 Å². The maximum absolute atomic E-state index is 13.2. The van der Waals surface area contributed by atoms with E-state index in [1.807, 2.05) is 0 Å². The van der Waals surface area contributed by atoms with Crippen LogP contribution < -0.4 is 0 Å². The first-order valence-electron chi connectivity index (χ1n) is 8.47. The number of likely N-dealkylation sites (tertiary alicyclic amines) is 1. The lowest BCUT2D eigenvalue weighted by Crippen LogP contribution is -2.42. The van der Waals surface area contributed by atoms with Gasteiger partial charge in [0.05, 0.1) is 6.42 Å². The van der Waals surface area contributed by atoms with Gasteiger partial charge in [0.25, 0.3) is 0 Å². The second-order valence-corrected chi connectivity index (χ2v) is 6.44. The number of nitrogens with zero attached hydrogens (tertiary/aromatic N) is 5. The summed E-state index contributed by atoms with van der Waals surface area (Å²) in [6, 6.07) is 4.89. The zero-order valence-corrected chi connectivity index (χ0v) is 14.4. The third-order valence-electron chi connectivity index (χ3n) is 4.65. The molecule has 0 saturated carbocycles. The Labute approximate surface area is 149 Å². The Balaban J connectivity index is 1.87. The molecule has 1 fully saturated rings. The number of aliphatic carboxylic acids is 1. The van der Waals surface area contributed by atoms with Gasteiger partial charge in [0.2, 0.25) is 5.91 Å². The fourth-order valence-corrected chi connectivity index (χ4v) is 3.38. The summed E-state index contributed by atoms with van der Waals surface area (Å²) in [7, 11) is 0. The van der Waals surface area contributed by atoms with E-state index in [9.17, 15) is 14.0 Å². The molecule has 1 saturated heterocycles. The Morgan fingerprint density at radius 2 is 2.08 bits per heavy atom. The van der Waals surface area contributed by atoms with Crippen molar-refractivity contribution in [1.29, 1.82) is 0 Å². The third kappa shape index (κ3) is 3.87. The van der Waals surface area contributed by atoms with Crippen LogP contribution in [0.25, 0.3) is 0 Å². The van der Waals surface area contributed by atoms with Gasteiger partial charge in [-0.2, -0.15) is 0 Å². The van der Waals surface area contributed by atoms with Gasteiger partial charge < -0.3 is 10.0 Å². The summed E-state index contributed by atoms with van der Waals surface area (Å²) < 4.78 is 14.6. The summed E-state index contributed by atoms with van der Waals surface area (Å²) in [6.45, 7) is 2.21. The van der Waals surface area contributed by atoms with E-state index in [2.05, 4.69) is 15.5 Å². The molecule has 1 N–H and O–H groups in total. The normalized spacial score (nSPS) is 18.1. The van der Waals surface area contributed by atoms with E-state index in [1.54, 1.807) is 24.0 Å². The van der Waals surface area contributed by atoms with Crippen molar-refractivity contribution in [3.8, 4) is 0 Å². The molecule has 1 aliphatic rings. The Bertz CT molecular complexity index is 792. The lowest BCUT2D eigenvalue weighted by molar-refractivity contribution is -0.141. The molecule has 2 aromatic rings. The summed E-state index contributed by atoms with van der Waals surface area (Å²) >= 11 is 0. The van der Waals surface area contributed by atoms with E-state index in [0.29, 0.717) is 25.2 Å². The molecule has 9 heteroatoms. The van der Waals surface area contributed by atoms with E-state index in [4.69, 9.17) is 5.11 Å². The molecule has 1 aromatic carbocycles. The smallest absolute Gasteiger partial charge is 0.305 e. The molecular formula is C17H20FN5O3. The van der Waals surface area contributed by atoms with Gasteiger partial charge in [0.15, 0.2) is 0 Å². The summed E-state index contributed by atoms with van der Waals surface area (Å²) in [5, 5.41) is 20.5. The molecule has 1 amide bonds. The molecular weight excluding hydrogens is 341 g/mol. The lowest BCUT2D eigenvalue weighted by atomic mass is 10.0. The van der Waals surface area contributed by atoms with Crippen LogP contribution in [0.4, 0.5) is 4.39 Å². The van der Waals surface area contributed by atoms with Crippen LogP contribution in [0.15, 0.2) is 24.3 Å². The van der Waals surface area contributed by atoms with Crippen molar-refractivity contribution in [2.45, 2.75) is 44.7 Å². The minimum Gasteiger partial charge on any atom is -0.481 e. The number of carboxylic acid groups (broad SMARTS) is 1. The van der Waals surface area contributed by atoms with Crippen molar-refractivity contribution >= 4 is 11.9 Å². The average molecular weight is 361 g/mol. The lowest BCUT2D eigenvalue weighted by Gasteiger charge is -2.28. The predicted molar refractivity (Wildman–Crippen MR) is 88.7 cm³/mol. The summed E-state index contributed by atoms with van der Waals surface area (Å²) in [5.41, 5.74) is 0.772. The van der Waals surface area contributed by atoms with E-state index in [1.165, 1.54) is 16.8 Å². The van der Waals surface area contributed by atoms with Crippen molar-refractivity contribution in [3.63, 3.8) is 0 Å². The first-order chi connectivity index (χ1) is 12.5. The number of hydrogen-bond donors (Lipinski definition) is 1. The van der Waals surface area contributed by atoms with Crippen LogP contribution in [0.2, 0.25) is 0 Å². The highest BCUT2D eigenvalue weighted by atomic mass is 19.1. The summed E-state index contributed by atoms with van der Waals surface area (Å²) in [5.74, 6) is -1.01. The third-order valence-corrected chi connectivity index (χ3v) is 4.65. The molecule has 2 heterocycles. The minimum absolute atomic E-state index is 0.0798. The molecule has 1 aliphatic heterocycles. The number of hydrogen-bond acceptors (Lipinski definition) is 5. The maximum Gasteiger partial charge on any atom is 0.305 e. The summed E-state index contributed by atoms with van der Waals surface area (Å²) in [6.07, 6.45) is 1.64. The van der Waals surface area contributed by atoms with Crippen molar-refractivity contribution in [2.24, 2.45) is 0 Å². The van der Waals surface area contributed by atoms with E-state index >= 15 is 0 Å². The van der Waals surface area contributed by atoms with Gasteiger partial charge in [0.1, 0.15) is 17.7 Å². The summed E-state index contributed by atoms with van der Waals surface area (Å²) in [4.78, 5) is 25.9. The fourth-order valence-electron chi connectivity index (χ4n) is 3.38. The molecule has 3 rings (SSSR count). The molecule has 2 unspecified atom stereocenters. The Kier molecular flexibility index (Phi) is 5.24. The van der Waals surface area contributed by atoms with Gasteiger partial charge in [-0.15, -0.1) is 5.10 Å². The highest BCUT2D eigenvalue weighted by Gasteiger charge is 2.36. The number of halogens is 1. The fraction of sp³-hybridized carbons (Fsp3) is 0.471. The van der Waals surface area contributed by atoms with Crippen LogP contribution in [-0.2, 0) is 16.0 Å². The van der Waals surface area contributed by atoms with Gasteiger partial charge >= 0.3 is 5.97 Å². The predicted octanol–water partition coefficient (Wildman–Crippen LogP) is 1.37. The molecule has 26 heavy (non-hydrogen) atoms. The van der Waals surface area contributed by atoms with Gasteiger partial charge in [-0.1, -0.05) is 12.1 Å². The number of rotatable bonds is 6. The number of carbonyl (C=O) groups excluding carboxylic acids is 1. The zero-order valence-electron chi connectivity index (χ0n) is 14.4. The Morgan fingerprint density at radius 1 is 1.35 bits per heavy atom. The number of benzene rings is 1. The van der Waals surface area contributed by atoms with Crippen molar-refractivity contribution in [2.75, 3.05) is 6.54 Å². The van der Waals surface area contributed by atoms with Gasteiger partial charge in [-0.25, -0.2) is 9.07 Å². The second kappa shape index (κ2) is 7.59. The van der Waals surface area contributed by atoms with E-state index in [0.717, 1.165) is 12.0 Å². The Hall–Kier alpha value is -2.84. The zero-order chi connectivity index (χ0) is 18.7. The van der Waals surface area contributed by atoms with E-state index < -0.39 is 12.0 Å². The topological polar surface area (TPSA) is 101 Å².